The molecule has 1 atom stereocenters. The van der Waals surface area contributed by atoms with Gasteiger partial charge in [-0.1, -0.05) is 5.21 Å². The van der Waals surface area contributed by atoms with Crippen LogP contribution in [-0.2, 0) is 11.3 Å². The van der Waals surface area contributed by atoms with E-state index < -0.39 is 0 Å². The van der Waals surface area contributed by atoms with Crippen molar-refractivity contribution < 1.29 is 9.47 Å². The van der Waals surface area contributed by atoms with E-state index in [1.807, 2.05) is 10.7 Å². The van der Waals surface area contributed by atoms with E-state index in [0.717, 1.165) is 53.4 Å². The average molecular weight is 366 g/mol. The van der Waals surface area contributed by atoms with Crippen LogP contribution in [0.25, 0.3) is 11.0 Å². The topological polar surface area (TPSA) is 49.2 Å². The van der Waals surface area contributed by atoms with Gasteiger partial charge in [-0.25, -0.2) is 4.68 Å². The first-order valence-electron chi connectivity index (χ1n) is 8.03. The van der Waals surface area contributed by atoms with Crippen molar-refractivity contribution in [2.75, 3.05) is 19.8 Å². The zero-order valence-electron chi connectivity index (χ0n) is 12.5. The van der Waals surface area contributed by atoms with E-state index in [9.17, 15) is 0 Å². The minimum Gasteiger partial charge on any atom is -0.492 e. The maximum atomic E-state index is 5.98. The number of hydrogen-bond acceptors (Lipinski definition) is 4. The molecule has 2 aromatic rings. The van der Waals surface area contributed by atoms with Crippen LogP contribution in [0.4, 0.5) is 0 Å². The summed E-state index contributed by atoms with van der Waals surface area (Å²) in [5.74, 6) is 2.12. The van der Waals surface area contributed by atoms with Crippen LogP contribution in [0.1, 0.15) is 25.7 Å². The lowest BCUT2D eigenvalue weighted by Crippen LogP contribution is -2.23. The van der Waals surface area contributed by atoms with Crippen molar-refractivity contribution in [3.63, 3.8) is 0 Å². The maximum absolute atomic E-state index is 5.98. The lowest BCUT2D eigenvalue weighted by molar-refractivity contribution is 0.0351. The zero-order chi connectivity index (χ0) is 14.9. The van der Waals surface area contributed by atoms with Crippen molar-refractivity contribution >= 4 is 27.0 Å². The van der Waals surface area contributed by atoms with Crippen LogP contribution < -0.4 is 4.74 Å². The summed E-state index contributed by atoms with van der Waals surface area (Å²) in [5.41, 5.74) is 1.96. The molecular weight excluding hydrogens is 346 g/mol. The number of halogens is 1. The highest BCUT2D eigenvalue weighted by Gasteiger charge is 2.24. The van der Waals surface area contributed by atoms with E-state index in [1.165, 1.54) is 19.3 Å². The van der Waals surface area contributed by atoms with Crippen LogP contribution in [0.5, 0.6) is 5.75 Å². The molecule has 22 heavy (non-hydrogen) atoms. The van der Waals surface area contributed by atoms with Gasteiger partial charge >= 0.3 is 0 Å². The molecule has 2 heterocycles. The first-order chi connectivity index (χ1) is 10.8. The fourth-order valence-electron chi connectivity index (χ4n) is 2.92. The highest BCUT2D eigenvalue weighted by Crippen LogP contribution is 2.35. The summed E-state index contributed by atoms with van der Waals surface area (Å²) < 4.78 is 14.4. The Morgan fingerprint density at radius 2 is 2.18 bits per heavy atom. The number of nitrogens with zero attached hydrogens (tertiary/aromatic N) is 3. The Hall–Kier alpha value is -1.14. The second kappa shape index (κ2) is 6.16. The molecule has 1 unspecified atom stereocenters. The Morgan fingerprint density at radius 1 is 1.27 bits per heavy atom. The SMILES string of the molecule is Brc1c(OCC2CCCOC2)ccc2c1nnn2CC1CC1. The number of aromatic nitrogens is 3. The van der Waals surface area contributed by atoms with Gasteiger partial charge in [0.05, 0.1) is 23.2 Å². The van der Waals surface area contributed by atoms with Crippen molar-refractivity contribution in [2.24, 2.45) is 11.8 Å². The van der Waals surface area contributed by atoms with E-state index in [0.29, 0.717) is 12.5 Å². The summed E-state index contributed by atoms with van der Waals surface area (Å²) >= 11 is 3.63. The molecule has 2 aliphatic rings. The summed E-state index contributed by atoms with van der Waals surface area (Å²) in [5, 5.41) is 8.60. The van der Waals surface area contributed by atoms with Crippen LogP contribution >= 0.6 is 15.9 Å². The van der Waals surface area contributed by atoms with Crippen molar-refractivity contribution in [1.29, 1.82) is 0 Å². The molecule has 2 fully saturated rings. The molecule has 0 N–H and O–H groups in total. The van der Waals surface area contributed by atoms with Gasteiger partial charge in [-0.2, -0.15) is 0 Å². The van der Waals surface area contributed by atoms with Gasteiger partial charge in [0.1, 0.15) is 11.3 Å². The normalized spacial score (nSPS) is 22.1. The Balaban J connectivity index is 1.50. The molecule has 0 radical (unpaired) electrons. The number of ether oxygens (including phenoxy) is 2. The molecule has 1 saturated carbocycles. The summed E-state index contributed by atoms with van der Waals surface area (Å²) in [6.07, 6.45) is 4.93. The molecule has 0 spiro atoms. The van der Waals surface area contributed by atoms with Crippen LogP contribution in [0.3, 0.4) is 0 Å². The molecule has 1 aromatic heterocycles. The lowest BCUT2D eigenvalue weighted by atomic mass is 10.0. The van der Waals surface area contributed by atoms with E-state index in [2.05, 4.69) is 32.3 Å². The molecule has 0 bridgehead atoms. The van der Waals surface area contributed by atoms with Gasteiger partial charge in [-0.3, -0.25) is 0 Å². The van der Waals surface area contributed by atoms with Gasteiger partial charge in [0, 0.05) is 19.1 Å². The van der Waals surface area contributed by atoms with E-state index in [4.69, 9.17) is 9.47 Å². The molecule has 1 aliphatic heterocycles. The molecule has 118 valence electrons. The summed E-state index contributed by atoms with van der Waals surface area (Å²) in [4.78, 5) is 0. The quantitative estimate of drug-likeness (QED) is 0.814. The largest absolute Gasteiger partial charge is 0.492 e. The predicted octanol–water partition coefficient (Wildman–Crippen LogP) is 3.41. The second-order valence-corrected chi connectivity index (χ2v) is 7.15. The molecule has 1 saturated heterocycles. The smallest absolute Gasteiger partial charge is 0.135 e. The highest BCUT2D eigenvalue weighted by molar-refractivity contribution is 9.10. The van der Waals surface area contributed by atoms with Crippen molar-refractivity contribution in [1.82, 2.24) is 15.0 Å². The maximum Gasteiger partial charge on any atom is 0.135 e. The first-order valence-corrected chi connectivity index (χ1v) is 8.83. The molecule has 6 heteroatoms. The molecule has 4 rings (SSSR count). The summed E-state index contributed by atoms with van der Waals surface area (Å²) in [7, 11) is 0. The Labute approximate surface area is 138 Å². The van der Waals surface area contributed by atoms with E-state index >= 15 is 0 Å². The fourth-order valence-corrected chi connectivity index (χ4v) is 3.45. The number of hydrogen-bond donors (Lipinski definition) is 0. The van der Waals surface area contributed by atoms with Gasteiger partial charge in [0.2, 0.25) is 0 Å². The van der Waals surface area contributed by atoms with Crippen LogP contribution in [0.15, 0.2) is 16.6 Å². The number of rotatable bonds is 5. The Bertz CT molecular complexity index is 663. The molecule has 5 nitrogen and oxygen atoms in total. The van der Waals surface area contributed by atoms with Gasteiger partial charge in [-0.05, 0) is 59.7 Å². The minimum atomic E-state index is 0.488. The van der Waals surface area contributed by atoms with Gasteiger partial charge in [0.25, 0.3) is 0 Å². The molecule has 0 amide bonds. The van der Waals surface area contributed by atoms with E-state index in [1.54, 1.807) is 0 Å². The van der Waals surface area contributed by atoms with Crippen LogP contribution in [0.2, 0.25) is 0 Å². The monoisotopic (exact) mass is 365 g/mol. The molecule has 1 aromatic carbocycles. The summed E-state index contributed by atoms with van der Waals surface area (Å²) in [6.45, 7) is 3.36. The molecular formula is C16H20BrN3O2. The van der Waals surface area contributed by atoms with Crippen LogP contribution in [-0.4, -0.2) is 34.8 Å². The third-order valence-corrected chi connectivity index (χ3v) is 5.21. The first kappa shape index (κ1) is 14.5. The lowest BCUT2D eigenvalue weighted by Gasteiger charge is -2.22. The van der Waals surface area contributed by atoms with Gasteiger partial charge in [0.15, 0.2) is 0 Å². The fraction of sp³-hybridized carbons (Fsp3) is 0.625. The van der Waals surface area contributed by atoms with Gasteiger partial charge < -0.3 is 9.47 Å². The number of fused-ring (bicyclic) bond motifs is 1. The van der Waals surface area contributed by atoms with Gasteiger partial charge in [-0.15, -0.1) is 5.10 Å². The third kappa shape index (κ3) is 2.99. The van der Waals surface area contributed by atoms with Crippen molar-refractivity contribution in [2.45, 2.75) is 32.2 Å². The highest BCUT2D eigenvalue weighted by atomic mass is 79.9. The summed E-state index contributed by atoms with van der Waals surface area (Å²) in [6, 6.07) is 4.08. The predicted molar refractivity (Wildman–Crippen MR) is 87.0 cm³/mol. The minimum absolute atomic E-state index is 0.488. The standard InChI is InChI=1S/C16H20BrN3O2/c17-15-14(22-10-12-2-1-7-21-9-12)6-5-13-16(15)18-19-20(13)8-11-3-4-11/h5-6,11-12H,1-4,7-10H2. The number of benzene rings is 1. The zero-order valence-corrected chi connectivity index (χ0v) is 14.1. The third-order valence-electron chi connectivity index (χ3n) is 4.45. The van der Waals surface area contributed by atoms with E-state index in [-0.39, 0.29) is 0 Å². The average Bonchev–Trinajstić information content (AvgIpc) is 3.27. The second-order valence-electron chi connectivity index (χ2n) is 6.35. The Morgan fingerprint density at radius 3 is 2.95 bits per heavy atom. The van der Waals surface area contributed by atoms with Crippen molar-refractivity contribution in [3.05, 3.63) is 16.6 Å². The molecule has 1 aliphatic carbocycles. The van der Waals surface area contributed by atoms with Crippen LogP contribution in [0, 0.1) is 11.8 Å². The van der Waals surface area contributed by atoms with Crippen molar-refractivity contribution in [3.8, 4) is 5.75 Å². The Kier molecular flexibility index (Phi) is 4.05.